The number of amides is 1. The highest BCUT2D eigenvalue weighted by Gasteiger charge is 2.21. The van der Waals surface area contributed by atoms with Crippen LogP contribution in [-0.2, 0) is 16.6 Å². The third-order valence-corrected chi connectivity index (χ3v) is 6.89. The summed E-state index contributed by atoms with van der Waals surface area (Å²) in [6.07, 6.45) is 2.83. The maximum Gasteiger partial charge on any atom is 0.308 e. The molecule has 1 aromatic heterocycles. The number of aryl methyl sites for hydroxylation is 3. The largest absolute Gasteiger partial charge is 0.493 e. The molecule has 0 aliphatic carbocycles. The van der Waals surface area contributed by atoms with E-state index in [1.807, 2.05) is 38.1 Å². The average molecular weight is 561 g/mol. The Kier molecular flexibility index (Phi) is 8.30. The van der Waals surface area contributed by atoms with Crippen LogP contribution in [-0.4, -0.2) is 30.7 Å². The van der Waals surface area contributed by atoms with Gasteiger partial charge in [0.15, 0.2) is 11.5 Å². The second-order valence-electron chi connectivity index (χ2n) is 9.22. The van der Waals surface area contributed by atoms with E-state index in [0.717, 1.165) is 22.0 Å². The summed E-state index contributed by atoms with van der Waals surface area (Å²) in [6, 6.07) is 14.3. The molecule has 0 aliphatic rings. The fraction of sp³-hybridized carbons (Fsp3) is 0.194. The Labute approximate surface area is 236 Å². The number of nitrogens with one attached hydrogen (secondary N) is 1. The second kappa shape index (κ2) is 11.7. The van der Waals surface area contributed by atoms with E-state index in [1.54, 1.807) is 31.3 Å². The van der Waals surface area contributed by atoms with Gasteiger partial charge in [-0.25, -0.2) is 0 Å². The molecule has 0 bridgehead atoms. The zero-order valence-corrected chi connectivity index (χ0v) is 23.8. The number of halogens is 1. The number of hydrogen-bond acceptors (Lipinski definition) is 6. The molecule has 206 valence electrons. The van der Waals surface area contributed by atoms with Crippen molar-refractivity contribution < 1.29 is 23.8 Å². The van der Waals surface area contributed by atoms with Crippen molar-refractivity contribution in [1.82, 2.24) is 4.57 Å². The van der Waals surface area contributed by atoms with Gasteiger partial charge in [-0.3, -0.25) is 14.4 Å². The third-order valence-electron chi connectivity index (χ3n) is 6.56. The minimum Gasteiger partial charge on any atom is -0.493 e. The maximum atomic E-state index is 13.6. The Morgan fingerprint density at radius 1 is 0.975 bits per heavy atom. The minimum absolute atomic E-state index is 0.112. The number of nitrogens with zero attached hydrogens (tertiary/aromatic N) is 1. The molecule has 0 atom stereocenters. The number of benzene rings is 3. The van der Waals surface area contributed by atoms with Crippen LogP contribution in [0.4, 0.5) is 5.69 Å². The first-order chi connectivity index (χ1) is 19.0. The number of carbonyl (C=O) groups excluding carboxylic acids is 2. The molecule has 4 rings (SSSR count). The monoisotopic (exact) mass is 560 g/mol. The van der Waals surface area contributed by atoms with E-state index in [0.29, 0.717) is 21.7 Å². The Bertz CT molecular complexity index is 1710. The average Bonchev–Trinajstić information content (AvgIpc) is 2.92. The molecule has 0 aliphatic heterocycles. The number of esters is 1. The molecule has 9 heteroatoms. The van der Waals surface area contributed by atoms with E-state index in [-0.39, 0.29) is 28.5 Å². The van der Waals surface area contributed by atoms with Gasteiger partial charge in [0.2, 0.25) is 11.7 Å². The molecule has 0 saturated carbocycles. The smallest absolute Gasteiger partial charge is 0.308 e. The van der Waals surface area contributed by atoms with Gasteiger partial charge in [-0.1, -0.05) is 29.8 Å². The molecule has 1 N–H and O–H groups in total. The molecule has 0 spiro atoms. The summed E-state index contributed by atoms with van der Waals surface area (Å²) in [5.74, 6) is -0.422. The molecule has 0 fully saturated rings. The van der Waals surface area contributed by atoms with Gasteiger partial charge in [-0.05, 0) is 66.9 Å². The standard InChI is InChI=1S/C31H29ClN2O6/c1-17-13-22-24(14-18(17)2)34(4)31(37)29(28(22)21-9-7-8-10-23(21)32)33-27(36)12-11-20-15-25(38-5)30(40-19(3)35)26(16-20)39-6/h7-16H,1-6H3,(H,33,36). The van der Waals surface area contributed by atoms with Gasteiger partial charge in [0.25, 0.3) is 5.56 Å². The molecule has 0 saturated heterocycles. The van der Waals surface area contributed by atoms with Gasteiger partial charge in [0, 0.05) is 41.6 Å². The highest BCUT2D eigenvalue weighted by molar-refractivity contribution is 6.34. The lowest BCUT2D eigenvalue weighted by molar-refractivity contribution is -0.132. The minimum atomic E-state index is -0.532. The first-order valence-corrected chi connectivity index (χ1v) is 12.8. The molecular formula is C31H29ClN2O6. The molecule has 40 heavy (non-hydrogen) atoms. The van der Waals surface area contributed by atoms with Crippen molar-refractivity contribution in [3.63, 3.8) is 0 Å². The quantitative estimate of drug-likeness (QED) is 0.167. The van der Waals surface area contributed by atoms with E-state index in [2.05, 4.69) is 5.32 Å². The van der Waals surface area contributed by atoms with Gasteiger partial charge < -0.3 is 24.1 Å². The molecule has 1 amide bonds. The molecule has 4 aromatic rings. The normalized spacial score (nSPS) is 11.1. The van der Waals surface area contributed by atoms with Crippen LogP contribution in [0.3, 0.4) is 0 Å². The van der Waals surface area contributed by atoms with Crippen LogP contribution in [0.25, 0.3) is 28.1 Å². The van der Waals surface area contributed by atoms with Crippen LogP contribution in [0.1, 0.15) is 23.6 Å². The molecule has 8 nitrogen and oxygen atoms in total. The summed E-state index contributed by atoms with van der Waals surface area (Å²) in [5, 5.41) is 4.02. The lowest BCUT2D eigenvalue weighted by Crippen LogP contribution is -2.25. The van der Waals surface area contributed by atoms with Crippen LogP contribution >= 0.6 is 11.6 Å². The summed E-state index contributed by atoms with van der Waals surface area (Å²) in [7, 11) is 4.53. The summed E-state index contributed by atoms with van der Waals surface area (Å²) in [6.45, 7) is 5.25. The number of aromatic nitrogens is 1. The van der Waals surface area contributed by atoms with E-state index in [1.165, 1.54) is 37.9 Å². The number of fused-ring (bicyclic) bond motifs is 1. The molecule has 0 radical (unpaired) electrons. The van der Waals surface area contributed by atoms with E-state index in [4.69, 9.17) is 25.8 Å². The van der Waals surface area contributed by atoms with Crippen molar-refractivity contribution in [2.75, 3.05) is 19.5 Å². The van der Waals surface area contributed by atoms with Crippen molar-refractivity contribution >= 4 is 46.1 Å². The number of pyridine rings is 1. The van der Waals surface area contributed by atoms with Crippen LogP contribution in [0.5, 0.6) is 17.2 Å². The van der Waals surface area contributed by atoms with Crippen LogP contribution in [0.15, 0.2) is 59.4 Å². The summed E-state index contributed by atoms with van der Waals surface area (Å²) in [5.41, 5.74) is 4.26. The lowest BCUT2D eigenvalue weighted by Gasteiger charge is -2.18. The fourth-order valence-electron chi connectivity index (χ4n) is 4.43. The van der Waals surface area contributed by atoms with Crippen molar-refractivity contribution in [3.05, 3.63) is 86.7 Å². The number of methoxy groups -OCH3 is 2. The van der Waals surface area contributed by atoms with E-state index < -0.39 is 11.9 Å². The van der Waals surface area contributed by atoms with Crippen LogP contribution in [0, 0.1) is 13.8 Å². The number of ether oxygens (including phenoxy) is 3. The van der Waals surface area contributed by atoms with Crippen LogP contribution < -0.4 is 25.1 Å². The van der Waals surface area contributed by atoms with Crippen molar-refractivity contribution in [1.29, 1.82) is 0 Å². The van der Waals surface area contributed by atoms with Crippen molar-refractivity contribution in [3.8, 4) is 28.4 Å². The molecule has 3 aromatic carbocycles. The molecule has 1 heterocycles. The Balaban J connectivity index is 1.81. The highest BCUT2D eigenvalue weighted by Crippen LogP contribution is 2.40. The number of anilines is 1. The zero-order chi connectivity index (χ0) is 29.1. The van der Waals surface area contributed by atoms with E-state index in [9.17, 15) is 14.4 Å². The summed E-state index contributed by atoms with van der Waals surface area (Å²) in [4.78, 5) is 38.3. The SMILES string of the molecule is COc1cc(C=CC(=O)Nc2c(-c3ccccc3Cl)c3cc(C)c(C)cc3n(C)c2=O)cc(OC)c1OC(C)=O. The Morgan fingerprint density at radius 2 is 1.60 bits per heavy atom. The number of carbonyl (C=O) groups is 2. The van der Waals surface area contributed by atoms with Crippen LogP contribution in [0.2, 0.25) is 5.02 Å². The number of rotatable bonds is 7. The molecular weight excluding hydrogens is 532 g/mol. The van der Waals surface area contributed by atoms with Gasteiger partial charge >= 0.3 is 5.97 Å². The lowest BCUT2D eigenvalue weighted by atomic mass is 9.96. The van der Waals surface area contributed by atoms with Gasteiger partial charge in [0.05, 0.1) is 19.7 Å². The Hall–Kier alpha value is -4.56. The van der Waals surface area contributed by atoms with E-state index >= 15 is 0 Å². The van der Waals surface area contributed by atoms with Crippen molar-refractivity contribution in [2.24, 2.45) is 7.05 Å². The highest BCUT2D eigenvalue weighted by atomic mass is 35.5. The first kappa shape index (κ1) is 28.4. The van der Waals surface area contributed by atoms with Gasteiger partial charge in [-0.15, -0.1) is 0 Å². The third kappa shape index (κ3) is 5.58. The Morgan fingerprint density at radius 3 is 2.20 bits per heavy atom. The van der Waals surface area contributed by atoms with Crippen molar-refractivity contribution in [2.45, 2.75) is 20.8 Å². The van der Waals surface area contributed by atoms with Gasteiger partial charge in [0.1, 0.15) is 5.69 Å². The maximum absolute atomic E-state index is 13.6. The second-order valence-corrected chi connectivity index (χ2v) is 9.63. The predicted molar refractivity (Wildman–Crippen MR) is 158 cm³/mol. The first-order valence-electron chi connectivity index (χ1n) is 12.4. The predicted octanol–water partition coefficient (Wildman–Crippen LogP) is 6.07. The fourth-order valence-corrected chi connectivity index (χ4v) is 4.66. The topological polar surface area (TPSA) is 95.9 Å². The number of hydrogen-bond donors (Lipinski definition) is 1. The summed E-state index contributed by atoms with van der Waals surface area (Å²) >= 11 is 6.58. The summed E-state index contributed by atoms with van der Waals surface area (Å²) < 4.78 is 17.4. The van der Waals surface area contributed by atoms with Gasteiger partial charge in [-0.2, -0.15) is 0 Å². The zero-order valence-electron chi connectivity index (χ0n) is 23.0. The molecule has 0 unspecified atom stereocenters.